The van der Waals surface area contributed by atoms with Gasteiger partial charge in [-0.05, 0) is 18.3 Å². The van der Waals surface area contributed by atoms with E-state index in [4.69, 9.17) is 15.2 Å². The lowest BCUT2D eigenvalue weighted by Gasteiger charge is -2.38. The van der Waals surface area contributed by atoms with Crippen molar-refractivity contribution in [3.63, 3.8) is 0 Å². The highest BCUT2D eigenvalue weighted by Crippen LogP contribution is 2.45. The molecule has 1 heterocycles. The molecule has 1 unspecified atom stereocenters. The Balaban J connectivity index is 2.29. The minimum Gasteiger partial charge on any atom is -0.480 e. The molecule has 1 aliphatic carbocycles. The standard InChI is InChI=1S/C14H23N3O2/c1-14(7-5-4-6-8-14)12(15)11-13(19-3)17-10(18-2)9-16-11/h9,12H,4-8,15H2,1-3H3. The summed E-state index contributed by atoms with van der Waals surface area (Å²) < 4.78 is 10.4. The normalized spacial score (nSPS) is 19.8. The third-order valence-electron chi connectivity index (χ3n) is 4.19. The van der Waals surface area contributed by atoms with Crippen LogP contribution in [0.2, 0.25) is 0 Å². The van der Waals surface area contributed by atoms with Gasteiger partial charge in [0.05, 0.1) is 26.5 Å². The van der Waals surface area contributed by atoms with Crippen LogP contribution in [0.25, 0.3) is 0 Å². The van der Waals surface area contributed by atoms with E-state index < -0.39 is 0 Å². The van der Waals surface area contributed by atoms with Crippen molar-refractivity contribution in [1.29, 1.82) is 0 Å². The Morgan fingerprint density at radius 1 is 1.21 bits per heavy atom. The second-order valence-corrected chi connectivity index (χ2v) is 5.50. The molecule has 1 atom stereocenters. The Morgan fingerprint density at radius 2 is 1.89 bits per heavy atom. The third-order valence-corrected chi connectivity index (χ3v) is 4.19. The smallest absolute Gasteiger partial charge is 0.240 e. The van der Waals surface area contributed by atoms with Crippen molar-refractivity contribution in [2.24, 2.45) is 11.1 Å². The average molecular weight is 265 g/mol. The van der Waals surface area contributed by atoms with Crippen LogP contribution in [-0.4, -0.2) is 24.2 Å². The van der Waals surface area contributed by atoms with E-state index in [1.54, 1.807) is 20.4 Å². The minimum absolute atomic E-state index is 0.0782. The lowest BCUT2D eigenvalue weighted by atomic mass is 9.70. The van der Waals surface area contributed by atoms with E-state index in [-0.39, 0.29) is 11.5 Å². The minimum atomic E-state index is -0.152. The summed E-state index contributed by atoms with van der Waals surface area (Å²) >= 11 is 0. The summed E-state index contributed by atoms with van der Waals surface area (Å²) in [6.07, 6.45) is 7.62. The van der Waals surface area contributed by atoms with Crippen LogP contribution in [0.3, 0.4) is 0 Å². The van der Waals surface area contributed by atoms with Crippen molar-refractivity contribution in [3.8, 4) is 11.8 Å². The van der Waals surface area contributed by atoms with E-state index in [1.807, 2.05) is 0 Å². The number of nitrogens with two attached hydrogens (primary N) is 1. The Hall–Kier alpha value is -1.36. The van der Waals surface area contributed by atoms with Crippen molar-refractivity contribution >= 4 is 0 Å². The van der Waals surface area contributed by atoms with E-state index in [0.29, 0.717) is 11.8 Å². The van der Waals surface area contributed by atoms with E-state index >= 15 is 0 Å². The third kappa shape index (κ3) is 2.81. The Morgan fingerprint density at radius 3 is 2.47 bits per heavy atom. The van der Waals surface area contributed by atoms with Gasteiger partial charge in [-0.1, -0.05) is 26.2 Å². The first kappa shape index (κ1) is 14.1. The molecule has 0 amide bonds. The van der Waals surface area contributed by atoms with E-state index in [9.17, 15) is 0 Å². The van der Waals surface area contributed by atoms with Crippen LogP contribution in [0.1, 0.15) is 50.8 Å². The van der Waals surface area contributed by atoms with Crippen LogP contribution in [0.5, 0.6) is 11.8 Å². The van der Waals surface area contributed by atoms with Crippen molar-refractivity contribution in [3.05, 3.63) is 11.9 Å². The number of rotatable bonds is 4. The van der Waals surface area contributed by atoms with Gasteiger partial charge in [-0.2, -0.15) is 4.98 Å². The van der Waals surface area contributed by atoms with Gasteiger partial charge in [0.25, 0.3) is 0 Å². The van der Waals surface area contributed by atoms with E-state index in [1.165, 1.54) is 19.3 Å². The van der Waals surface area contributed by atoms with Gasteiger partial charge < -0.3 is 15.2 Å². The summed E-state index contributed by atoms with van der Waals surface area (Å²) in [5.74, 6) is 0.917. The number of nitrogens with zero attached hydrogens (tertiary/aromatic N) is 2. The maximum Gasteiger partial charge on any atom is 0.240 e. The largest absolute Gasteiger partial charge is 0.480 e. The average Bonchev–Trinajstić information content (AvgIpc) is 2.46. The van der Waals surface area contributed by atoms with E-state index in [2.05, 4.69) is 16.9 Å². The molecule has 0 bridgehead atoms. The molecule has 0 radical (unpaired) electrons. The van der Waals surface area contributed by atoms with Crippen LogP contribution < -0.4 is 15.2 Å². The topological polar surface area (TPSA) is 70.3 Å². The zero-order valence-electron chi connectivity index (χ0n) is 12.0. The molecular weight excluding hydrogens is 242 g/mol. The molecule has 0 saturated heterocycles. The van der Waals surface area contributed by atoms with Gasteiger partial charge in [0.15, 0.2) is 0 Å². The predicted octanol–water partition coefficient (Wildman–Crippen LogP) is 2.46. The fraction of sp³-hybridized carbons (Fsp3) is 0.714. The summed E-state index contributed by atoms with van der Waals surface area (Å²) in [5, 5.41) is 0. The van der Waals surface area contributed by atoms with E-state index in [0.717, 1.165) is 18.5 Å². The number of hydrogen-bond donors (Lipinski definition) is 1. The Kier molecular flexibility index (Phi) is 4.24. The molecule has 5 nitrogen and oxygen atoms in total. The first-order valence-electron chi connectivity index (χ1n) is 6.81. The zero-order chi connectivity index (χ0) is 13.9. The van der Waals surface area contributed by atoms with Gasteiger partial charge in [-0.3, -0.25) is 0 Å². The van der Waals surface area contributed by atoms with Gasteiger partial charge in [0.2, 0.25) is 11.8 Å². The van der Waals surface area contributed by atoms with Crippen LogP contribution in [0, 0.1) is 5.41 Å². The van der Waals surface area contributed by atoms with Crippen molar-refractivity contribution in [2.75, 3.05) is 14.2 Å². The molecule has 5 heteroatoms. The number of hydrogen-bond acceptors (Lipinski definition) is 5. The SMILES string of the molecule is COc1cnc(C(N)C2(C)CCCCC2)c(OC)n1. The highest BCUT2D eigenvalue weighted by molar-refractivity contribution is 5.27. The molecule has 19 heavy (non-hydrogen) atoms. The molecule has 106 valence electrons. The summed E-state index contributed by atoms with van der Waals surface area (Å²) in [7, 11) is 3.15. The van der Waals surface area contributed by atoms with Gasteiger partial charge in [-0.15, -0.1) is 0 Å². The number of aromatic nitrogens is 2. The number of ether oxygens (including phenoxy) is 2. The first-order valence-corrected chi connectivity index (χ1v) is 6.81. The molecular formula is C14H23N3O2. The molecule has 0 aromatic carbocycles. The van der Waals surface area contributed by atoms with Gasteiger partial charge in [0, 0.05) is 0 Å². The van der Waals surface area contributed by atoms with Gasteiger partial charge >= 0.3 is 0 Å². The van der Waals surface area contributed by atoms with Crippen LogP contribution in [-0.2, 0) is 0 Å². The second-order valence-electron chi connectivity index (χ2n) is 5.50. The molecule has 1 aromatic rings. The fourth-order valence-electron chi connectivity index (χ4n) is 2.83. The summed E-state index contributed by atoms with van der Waals surface area (Å²) in [6.45, 7) is 2.24. The maximum absolute atomic E-state index is 6.45. The molecule has 0 aliphatic heterocycles. The van der Waals surface area contributed by atoms with Crippen LogP contribution in [0.4, 0.5) is 0 Å². The second kappa shape index (κ2) is 5.74. The highest BCUT2D eigenvalue weighted by Gasteiger charge is 2.36. The molecule has 2 rings (SSSR count). The lowest BCUT2D eigenvalue weighted by molar-refractivity contribution is 0.164. The Labute approximate surface area is 114 Å². The highest BCUT2D eigenvalue weighted by atomic mass is 16.5. The first-order chi connectivity index (χ1) is 9.10. The predicted molar refractivity (Wildman–Crippen MR) is 73.3 cm³/mol. The number of methoxy groups -OCH3 is 2. The summed E-state index contributed by atoms with van der Waals surface area (Å²) in [5.41, 5.74) is 7.26. The van der Waals surface area contributed by atoms with Crippen LogP contribution >= 0.6 is 0 Å². The van der Waals surface area contributed by atoms with Crippen molar-refractivity contribution in [1.82, 2.24) is 9.97 Å². The quantitative estimate of drug-likeness (QED) is 0.905. The van der Waals surface area contributed by atoms with Gasteiger partial charge in [0.1, 0.15) is 5.69 Å². The molecule has 1 aliphatic rings. The monoisotopic (exact) mass is 265 g/mol. The fourth-order valence-corrected chi connectivity index (χ4v) is 2.83. The van der Waals surface area contributed by atoms with Crippen molar-refractivity contribution < 1.29 is 9.47 Å². The lowest BCUT2D eigenvalue weighted by Crippen LogP contribution is -2.34. The maximum atomic E-state index is 6.45. The zero-order valence-corrected chi connectivity index (χ0v) is 12.0. The molecule has 0 spiro atoms. The molecule has 1 aromatic heterocycles. The Bertz CT molecular complexity index is 431. The van der Waals surface area contributed by atoms with Crippen molar-refractivity contribution in [2.45, 2.75) is 45.1 Å². The molecule has 1 fully saturated rings. The summed E-state index contributed by atoms with van der Waals surface area (Å²) in [6, 6.07) is -0.152. The summed E-state index contributed by atoms with van der Waals surface area (Å²) in [4.78, 5) is 8.67. The molecule has 2 N–H and O–H groups in total. The molecule has 1 saturated carbocycles. The van der Waals surface area contributed by atoms with Crippen LogP contribution in [0.15, 0.2) is 6.20 Å². The van der Waals surface area contributed by atoms with Gasteiger partial charge in [-0.25, -0.2) is 4.98 Å².